The molecule has 2 nitrogen and oxygen atoms in total. The molecule has 9 heavy (non-hydrogen) atoms. The van der Waals surface area contributed by atoms with Crippen LogP contribution in [0.2, 0.25) is 0 Å². The van der Waals surface area contributed by atoms with E-state index in [0.29, 0.717) is 6.42 Å². The minimum absolute atomic E-state index is 0.126. The summed E-state index contributed by atoms with van der Waals surface area (Å²) in [6.45, 7) is 5.41. The van der Waals surface area contributed by atoms with Gasteiger partial charge in [-0.1, -0.05) is 13.8 Å². The molecule has 0 spiro atoms. The van der Waals surface area contributed by atoms with Crippen molar-refractivity contribution in [1.82, 2.24) is 0 Å². The first-order chi connectivity index (χ1) is 4.31. The van der Waals surface area contributed by atoms with Crippen molar-refractivity contribution in [2.24, 2.45) is 0 Å². The maximum atomic E-state index is 10.5. The molecule has 0 aliphatic heterocycles. The van der Waals surface area contributed by atoms with Gasteiger partial charge in [-0.15, -0.1) is 0 Å². The molecule has 0 fully saturated rings. The van der Waals surface area contributed by atoms with Crippen LogP contribution in [0.25, 0.3) is 0 Å². The summed E-state index contributed by atoms with van der Waals surface area (Å²) in [6, 6.07) is 0. The Labute approximate surface area is 56.2 Å². The van der Waals surface area contributed by atoms with Gasteiger partial charge in [0.15, 0.2) is 0 Å². The first-order valence-electron chi connectivity index (χ1n) is 3.32. The van der Waals surface area contributed by atoms with Gasteiger partial charge in [0.25, 0.3) is 0 Å². The number of rotatable bonds is 4. The third-order valence-electron chi connectivity index (χ3n) is 0.836. The fourth-order valence-electron chi connectivity index (χ4n) is 0.439. The van der Waals surface area contributed by atoms with Crippen LogP contribution >= 0.6 is 0 Å². The first-order valence-corrected chi connectivity index (χ1v) is 3.32. The fraction of sp³-hybridized carbons (Fsp3) is 0.714. The van der Waals surface area contributed by atoms with Crippen LogP contribution in [0.15, 0.2) is 0 Å². The number of carbonyl (C=O) groups excluding carboxylic acids is 1. The normalized spacial score (nSPS) is 9.11. The quantitative estimate of drug-likeness (QED) is 0.542. The molecular weight excluding hydrogens is 116 g/mol. The third kappa shape index (κ3) is 5.34. The molecule has 0 aliphatic rings. The molecule has 0 heterocycles. The van der Waals surface area contributed by atoms with E-state index in [-0.39, 0.29) is 5.97 Å². The van der Waals surface area contributed by atoms with Gasteiger partial charge in [0, 0.05) is 6.42 Å². The van der Waals surface area contributed by atoms with Gasteiger partial charge in [-0.2, -0.15) is 0 Å². The van der Waals surface area contributed by atoms with Crippen molar-refractivity contribution in [2.75, 3.05) is 0 Å². The molecule has 2 heteroatoms. The van der Waals surface area contributed by atoms with Gasteiger partial charge in [-0.3, -0.25) is 4.79 Å². The van der Waals surface area contributed by atoms with E-state index in [1.54, 1.807) is 0 Å². The average Bonchev–Trinajstić information content (AvgIpc) is 1.85. The monoisotopic (exact) mass is 129 g/mol. The zero-order valence-electron chi connectivity index (χ0n) is 6.02. The van der Waals surface area contributed by atoms with E-state index >= 15 is 0 Å². The Kier molecular flexibility index (Phi) is 5.27. The lowest BCUT2D eigenvalue weighted by molar-refractivity contribution is -0.140. The van der Waals surface area contributed by atoms with Crippen molar-refractivity contribution < 1.29 is 9.53 Å². The summed E-state index contributed by atoms with van der Waals surface area (Å²) in [4.78, 5) is 10.5. The Morgan fingerprint density at radius 1 is 1.56 bits per heavy atom. The molecule has 0 aromatic heterocycles. The zero-order chi connectivity index (χ0) is 7.11. The summed E-state index contributed by atoms with van der Waals surface area (Å²) in [6.07, 6.45) is 2.17. The summed E-state index contributed by atoms with van der Waals surface area (Å²) >= 11 is 0. The molecule has 0 aliphatic carbocycles. The molecule has 0 aromatic rings. The second-order valence-electron chi connectivity index (χ2n) is 1.81. The maximum Gasteiger partial charge on any atom is 0.306 e. The van der Waals surface area contributed by atoms with Crippen LogP contribution in [0, 0.1) is 6.61 Å². The van der Waals surface area contributed by atoms with Crippen molar-refractivity contribution in [3.8, 4) is 0 Å². The zero-order valence-corrected chi connectivity index (χ0v) is 6.02. The number of ether oxygens (including phenoxy) is 1. The van der Waals surface area contributed by atoms with Gasteiger partial charge < -0.3 is 4.74 Å². The van der Waals surface area contributed by atoms with E-state index in [4.69, 9.17) is 0 Å². The lowest BCUT2D eigenvalue weighted by atomic mass is 10.3. The minimum Gasteiger partial charge on any atom is -0.458 e. The van der Waals surface area contributed by atoms with Crippen LogP contribution in [-0.2, 0) is 9.53 Å². The van der Waals surface area contributed by atoms with E-state index < -0.39 is 0 Å². The second kappa shape index (κ2) is 5.60. The van der Waals surface area contributed by atoms with Gasteiger partial charge in [-0.05, 0) is 12.8 Å². The summed E-state index contributed by atoms with van der Waals surface area (Å²) in [5.41, 5.74) is 0. The van der Waals surface area contributed by atoms with Crippen molar-refractivity contribution in [3.63, 3.8) is 0 Å². The molecule has 53 valence electrons. The topological polar surface area (TPSA) is 26.3 Å². The molecule has 0 amide bonds. The Morgan fingerprint density at radius 2 is 2.22 bits per heavy atom. The second-order valence-corrected chi connectivity index (χ2v) is 1.81. The molecule has 0 unspecified atom stereocenters. The van der Waals surface area contributed by atoms with E-state index in [9.17, 15) is 4.79 Å². The average molecular weight is 129 g/mol. The van der Waals surface area contributed by atoms with Crippen LogP contribution in [0.4, 0.5) is 0 Å². The van der Waals surface area contributed by atoms with Gasteiger partial charge in [-0.25, -0.2) is 0 Å². The molecule has 0 atom stereocenters. The van der Waals surface area contributed by atoms with E-state index in [1.165, 1.54) is 6.61 Å². The predicted molar refractivity (Wildman–Crippen MR) is 35.6 cm³/mol. The molecular formula is C7H13O2. The number of hydrogen-bond acceptors (Lipinski definition) is 2. The Morgan fingerprint density at radius 3 is 2.67 bits per heavy atom. The van der Waals surface area contributed by atoms with Crippen molar-refractivity contribution >= 4 is 5.97 Å². The molecule has 1 radical (unpaired) electrons. The summed E-state index contributed by atoms with van der Waals surface area (Å²) < 4.78 is 4.67. The molecule has 0 saturated carbocycles. The number of hydrogen-bond donors (Lipinski definition) is 0. The van der Waals surface area contributed by atoms with Crippen LogP contribution in [0.1, 0.15) is 33.1 Å². The largest absolute Gasteiger partial charge is 0.458 e. The highest BCUT2D eigenvalue weighted by molar-refractivity contribution is 5.69. The van der Waals surface area contributed by atoms with Crippen molar-refractivity contribution in [2.45, 2.75) is 33.1 Å². The molecule has 0 bridgehead atoms. The van der Waals surface area contributed by atoms with Gasteiger partial charge in [0.1, 0.15) is 6.61 Å². The highest BCUT2D eigenvalue weighted by atomic mass is 16.5. The van der Waals surface area contributed by atoms with Crippen LogP contribution in [-0.4, -0.2) is 5.97 Å². The smallest absolute Gasteiger partial charge is 0.306 e. The predicted octanol–water partition coefficient (Wildman–Crippen LogP) is 1.90. The van der Waals surface area contributed by atoms with Crippen LogP contribution in [0.5, 0.6) is 0 Å². The Hall–Kier alpha value is -0.530. The van der Waals surface area contributed by atoms with Gasteiger partial charge in [0.05, 0.1) is 0 Å². The summed E-state index contributed by atoms with van der Waals surface area (Å²) in [7, 11) is 0. The lowest BCUT2D eigenvalue weighted by Gasteiger charge is -1.98. The van der Waals surface area contributed by atoms with Crippen LogP contribution in [0.3, 0.4) is 0 Å². The van der Waals surface area contributed by atoms with E-state index in [2.05, 4.69) is 4.74 Å². The Bertz CT molecular complexity index is 79.0. The highest BCUT2D eigenvalue weighted by Crippen LogP contribution is 1.94. The van der Waals surface area contributed by atoms with Crippen LogP contribution < -0.4 is 0 Å². The number of carbonyl (C=O) groups is 1. The summed E-state index contributed by atoms with van der Waals surface area (Å²) in [5, 5.41) is 0. The maximum absolute atomic E-state index is 10.5. The molecule has 0 rings (SSSR count). The van der Waals surface area contributed by atoms with Gasteiger partial charge in [0.2, 0.25) is 0 Å². The Balaban J connectivity index is 3.06. The third-order valence-corrected chi connectivity index (χ3v) is 0.836. The minimum atomic E-state index is -0.126. The molecule has 0 saturated heterocycles. The lowest BCUT2D eigenvalue weighted by Crippen LogP contribution is -2.00. The molecule has 0 aromatic carbocycles. The first kappa shape index (κ1) is 8.47. The SMILES string of the molecule is CC[CH]OC(=O)CCC. The highest BCUT2D eigenvalue weighted by Gasteiger charge is 1.97. The van der Waals surface area contributed by atoms with Crippen molar-refractivity contribution in [1.29, 1.82) is 0 Å². The van der Waals surface area contributed by atoms with Crippen molar-refractivity contribution in [3.05, 3.63) is 6.61 Å². The van der Waals surface area contributed by atoms with E-state index in [0.717, 1.165) is 12.8 Å². The number of esters is 1. The van der Waals surface area contributed by atoms with E-state index in [1.807, 2.05) is 13.8 Å². The summed E-state index contributed by atoms with van der Waals surface area (Å²) in [5.74, 6) is -0.126. The standard InChI is InChI=1S/C7H13O2/c1-3-5-7(8)9-6-4-2/h6H,3-5H2,1-2H3. The molecule has 0 N–H and O–H groups in total. The fourth-order valence-corrected chi connectivity index (χ4v) is 0.439. The van der Waals surface area contributed by atoms with Gasteiger partial charge >= 0.3 is 5.97 Å².